The predicted octanol–water partition coefficient (Wildman–Crippen LogP) is 5.78. The Labute approximate surface area is 200 Å². The fourth-order valence-electron chi connectivity index (χ4n) is 6.35. The van der Waals surface area contributed by atoms with Gasteiger partial charge in [0.1, 0.15) is 5.75 Å². The number of carbonyl (C=O) groups is 2. The molecule has 4 heteroatoms. The quantitative estimate of drug-likeness (QED) is 0.474. The van der Waals surface area contributed by atoms with Crippen LogP contribution in [0, 0.1) is 11.8 Å². The Morgan fingerprint density at radius 1 is 0.765 bits per heavy atom. The van der Waals surface area contributed by atoms with Crippen LogP contribution in [0.5, 0.6) is 5.75 Å². The van der Waals surface area contributed by atoms with E-state index in [4.69, 9.17) is 4.74 Å². The number of rotatable bonds is 3. The molecule has 7 rings (SSSR count). The van der Waals surface area contributed by atoms with Gasteiger partial charge in [0, 0.05) is 11.8 Å². The average molecular weight is 452 g/mol. The molecule has 3 aliphatic carbocycles. The summed E-state index contributed by atoms with van der Waals surface area (Å²) in [7, 11) is 0. The first-order valence-corrected chi connectivity index (χ1v) is 12.2. The molecule has 2 bridgehead atoms. The molecule has 1 fully saturated rings. The van der Waals surface area contributed by atoms with Crippen molar-refractivity contribution in [1.29, 1.82) is 0 Å². The van der Waals surface area contributed by atoms with Crippen LogP contribution >= 0.6 is 0 Å². The lowest BCUT2D eigenvalue weighted by Crippen LogP contribution is -2.41. The highest BCUT2D eigenvalue weighted by molar-refractivity contribution is 6.24. The van der Waals surface area contributed by atoms with E-state index in [2.05, 4.69) is 51.1 Å². The molecule has 4 atom stereocenters. The summed E-state index contributed by atoms with van der Waals surface area (Å²) >= 11 is 0. The third kappa shape index (κ3) is 2.78. The SMILES string of the molecule is CCOc1ccccc1N1C(=O)C2C3c4ccccc4C(c4cc(C(C)(C)C)ccc43)C2C1=O. The van der Waals surface area contributed by atoms with Gasteiger partial charge in [-0.2, -0.15) is 0 Å². The predicted molar refractivity (Wildman–Crippen MR) is 132 cm³/mol. The molecule has 0 aromatic heterocycles. The van der Waals surface area contributed by atoms with Gasteiger partial charge in [-0.3, -0.25) is 9.59 Å². The van der Waals surface area contributed by atoms with Crippen molar-refractivity contribution in [1.82, 2.24) is 0 Å². The maximum absolute atomic E-state index is 14.0. The molecule has 0 radical (unpaired) electrons. The zero-order valence-corrected chi connectivity index (χ0v) is 20.0. The maximum Gasteiger partial charge on any atom is 0.238 e. The smallest absolute Gasteiger partial charge is 0.238 e. The number of hydrogen-bond acceptors (Lipinski definition) is 3. The van der Waals surface area contributed by atoms with Crippen molar-refractivity contribution in [2.75, 3.05) is 11.5 Å². The molecule has 4 aliphatic rings. The third-order valence-corrected chi connectivity index (χ3v) is 7.81. The fraction of sp³-hybridized carbons (Fsp3) is 0.333. The molecule has 0 N–H and O–H groups in total. The Balaban J connectivity index is 1.55. The summed E-state index contributed by atoms with van der Waals surface area (Å²) in [5, 5.41) is 0. The number of ether oxygens (including phenoxy) is 1. The van der Waals surface area contributed by atoms with Crippen LogP contribution in [0.1, 0.15) is 67.3 Å². The molecule has 4 nitrogen and oxygen atoms in total. The molecule has 3 aromatic carbocycles. The highest BCUT2D eigenvalue weighted by Gasteiger charge is 2.62. The fourth-order valence-corrected chi connectivity index (χ4v) is 6.35. The van der Waals surface area contributed by atoms with E-state index >= 15 is 0 Å². The van der Waals surface area contributed by atoms with Gasteiger partial charge in [-0.25, -0.2) is 4.90 Å². The first-order valence-electron chi connectivity index (χ1n) is 12.2. The number of para-hydroxylation sites is 2. The second kappa shape index (κ2) is 7.30. The molecule has 1 aliphatic heterocycles. The van der Waals surface area contributed by atoms with Gasteiger partial charge in [-0.05, 0) is 52.3 Å². The largest absolute Gasteiger partial charge is 0.492 e. The number of anilines is 1. The second-order valence-corrected chi connectivity index (χ2v) is 10.6. The maximum atomic E-state index is 14.0. The van der Waals surface area contributed by atoms with Crippen molar-refractivity contribution < 1.29 is 14.3 Å². The van der Waals surface area contributed by atoms with E-state index < -0.39 is 11.8 Å². The second-order valence-electron chi connectivity index (χ2n) is 10.6. The van der Waals surface area contributed by atoms with E-state index in [1.54, 1.807) is 0 Å². The minimum absolute atomic E-state index is 0.00259. The molecule has 4 unspecified atom stereocenters. The molecule has 1 heterocycles. The van der Waals surface area contributed by atoms with Gasteiger partial charge in [0.25, 0.3) is 0 Å². The van der Waals surface area contributed by atoms with E-state index in [1.165, 1.54) is 32.7 Å². The van der Waals surface area contributed by atoms with Crippen LogP contribution in [-0.2, 0) is 15.0 Å². The monoisotopic (exact) mass is 451 g/mol. The van der Waals surface area contributed by atoms with E-state index in [0.29, 0.717) is 18.0 Å². The lowest BCUT2D eigenvalue weighted by atomic mass is 9.54. The van der Waals surface area contributed by atoms with E-state index in [-0.39, 0.29) is 29.1 Å². The molecule has 0 spiro atoms. The lowest BCUT2D eigenvalue weighted by Gasteiger charge is -2.46. The first-order chi connectivity index (χ1) is 16.3. The number of imide groups is 1. The highest BCUT2D eigenvalue weighted by Crippen LogP contribution is 2.62. The summed E-state index contributed by atoms with van der Waals surface area (Å²) in [6, 6.07) is 22.4. The zero-order valence-electron chi connectivity index (χ0n) is 20.0. The van der Waals surface area contributed by atoms with E-state index in [9.17, 15) is 9.59 Å². The van der Waals surface area contributed by atoms with Gasteiger partial charge in [0.2, 0.25) is 11.8 Å². The topological polar surface area (TPSA) is 46.6 Å². The van der Waals surface area contributed by atoms with Crippen molar-refractivity contribution in [3.63, 3.8) is 0 Å². The van der Waals surface area contributed by atoms with Gasteiger partial charge < -0.3 is 4.74 Å². The summed E-state index contributed by atoms with van der Waals surface area (Å²) in [6.07, 6.45) is 0. The van der Waals surface area contributed by atoms with E-state index in [0.717, 1.165) is 0 Å². The lowest BCUT2D eigenvalue weighted by molar-refractivity contribution is -0.122. The molecule has 172 valence electrons. The zero-order chi connectivity index (χ0) is 23.8. The summed E-state index contributed by atoms with van der Waals surface area (Å²) in [6.45, 7) is 9.01. The van der Waals surface area contributed by atoms with Crippen molar-refractivity contribution in [2.24, 2.45) is 11.8 Å². The van der Waals surface area contributed by atoms with Crippen molar-refractivity contribution in [2.45, 2.75) is 44.9 Å². The first kappa shape index (κ1) is 21.2. The van der Waals surface area contributed by atoms with E-state index in [1.807, 2.05) is 43.3 Å². The van der Waals surface area contributed by atoms with Gasteiger partial charge in [0.15, 0.2) is 0 Å². The van der Waals surface area contributed by atoms with Crippen LogP contribution in [0.15, 0.2) is 66.7 Å². The number of benzene rings is 3. The Morgan fingerprint density at radius 2 is 1.32 bits per heavy atom. The van der Waals surface area contributed by atoms with Gasteiger partial charge in [-0.15, -0.1) is 0 Å². The Bertz CT molecular complexity index is 1330. The van der Waals surface area contributed by atoms with Gasteiger partial charge in [0.05, 0.1) is 24.1 Å². The summed E-state index contributed by atoms with van der Waals surface area (Å²) in [4.78, 5) is 29.4. The Hall–Kier alpha value is -3.40. The third-order valence-electron chi connectivity index (χ3n) is 7.81. The van der Waals surface area contributed by atoms with Crippen LogP contribution in [0.3, 0.4) is 0 Å². The van der Waals surface area contributed by atoms with Crippen molar-refractivity contribution in [3.8, 4) is 5.75 Å². The van der Waals surface area contributed by atoms with Gasteiger partial charge >= 0.3 is 0 Å². The molecule has 2 amide bonds. The van der Waals surface area contributed by atoms with Gasteiger partial charge in [-0.1, -0.05) is 75.4 Å². The van der Waals surface area contributed by atoms with Crippen molar-refractivity contribution >= 4 is 17.5 Å². The number of carbonyl (C=O) groups excluding carboxylic acids is 2. The number of amides is 2. The standard InChI is InChI=1S/C30H29NO3/c1-5-34-23-13-9-8-12-22(23)31-28(32)26-24-18-10-6-7-11-19(18)25(27(26)29(31)33)21-16-17(30(2,3)4)14-15-20(21)24/h6-16,24-27H,5H2,1-4H3. The molecule has 34 heavy (non-hydrogen) atoms. The molecule has 0 saturated carbocycles. The number of nitrogens with zero attached hydrogens (tertiary/aromatic N) is 1. The minimum Gasteiger partial charge on any atom is -0.492 e. The Morgan fingerprint density at radius 3 is 1.94 bits per heavy atom. The normalized spacial score (nSPS) is 24.6. The van der Waals surface area contributed by atoms with Crippen LogP contribution in [0.25, 0.3) is 0 Å². The minimum atomic E-state index is -0.398. The molecule has 1 saturated heterocycles. The van der Waals surface area contributed by atoms with Crippen LogP contribution in [0.4, 0.5) is 5.69 Å². The van der Waals surface area contributed by atoms with Crippen molar-refractivity contribution in [3.05, 3.63) is 94.5 Å². The number of hydrogen-bond donors (Lipinski definition) is 0. The average Bonchev–Trinajstić information content (AvgIpc) is 3.09. The summed E-state index contributed by atoms with van der Waals surface area (Å²) in [5.41, 5.74) is 6.58. The molecular weight excluding hydrogens is 422 g/mol. The summed E-state index contributed by atoms with van der Waals surface area (Å²) < 4.78 is 5.80. The van der Waals surface area contributed by atoms with Crippen LogP contribution < -0.4 is 9.64 Å². The summed E-state index contributed by atoms with van der Waals surface area (Å²) in [5.74, 6) is -0.682. The Kier molecular flexibility index (Phi) is 4.54. The molecular formula is C30H29NO3. The molecule has 3 aromatic rings. The van der Waals surface area contributed by atoms with Crippen LogP contribution in [0.2, 0.25) is 0 Å². The highest BCUT2D eigenvalue weighted by atomic mass is 16.5. The van der Waals surface area contributed by atoms with Crippen LogP contribution in [-0.4, -0.2) is 18.4 Å².